The van der Waals surface area contributed by atoms with Crippen molar-refractivity contribution in [1.82, 2.24) is 5.32 Å². The first-order valence-corrected chi connectivity index (χ1v) is 8.13. The summed E-state index contributed by atoms with van der Waals surface area (Å²) in [7, 11) is 0. The SMILES string of the molecule is CCNCC(Cc1ccccc1)Cc1cccc(Cl)c1Cl. The summed E-state index contributed by atoms with van der Waals surface area (Å²) < 4.78 is 0. The predicted molar refractivity (Wildman–Crippen MR) is 92.3 cm³/mol. The Bertz CT molecular complexity index is 554. The molecule has 1 unspecified atom stereocenters. The van der Waals surface area contributed by atoms with E-state index in [2.05, 4.69) is 48.6 Å². The van der Waals surface area contributed by atoms with Gasteiger partial charge in [-0.05, 0) is 49.0 Å². The number of benzene rings is 2. The molecule has 2 aromatic rings. The van der Waals surface area contributed by atoms with Crippen LogP contribution in [0, 0.1) is 5.92 Å². The fourth-order valence-corrected chi connectivity index (χ4v) is 2.93. The molecule has 3 heteroatoms. The fourth-order valence-electron chi connectivity index (χ4n) is 2.53. The molecular weight excluding hydrogens is 301 g/mol. The van der Waals surface area contributed by atoms with E-state index < -0.39 is 0 Å². The minimum Gasteiger partial charge on any atom is -0.317 e. The van der Waals surface area contributed by atoms with Gasteiger partial charge < -0.3 is 5.32 Å². The maximum absolute atomic E-state index is 6.32. The summed E-state index contributed by atoms with van der Waals surface area (Å²) in [6, 6.07) is 16.5. The highest BCUT2D eigenvalue weighted by Crippen LogP contribution is 2.28. The van der Waals surface area contributed by atoms with Gasteiger partial charge in [0.1, 0.15) is 0 Å². The highest BCUT2D eigenvalue weighted by atomic mass is 35.5. The topological polar surface area (TPSA) is 12.0 Å². The van der Waals surface area contributed by atoms with Crippen LogP contribution in [0.25, 0.3) is 0 Å². The number of hydrogen-bond acceptors (Lipinski definition) is 1. The van der Waals surface area contributed by atoms with E-state index in [1.807, 2.05) is 12.1 Å². The molecule has 1 N–H and O–H groups in total. The first-order chi connectivity index (χ1) is 10.2. The Balaban J connectivity index is 2.10. The van der Waals surface area contributed by atoms with Crippen LogP contribution in [0.2, 0.25) is 10.0 Å². The summed E-state index contributed by atoms with van der Waals surface area (Å²) in [5.41, 5.74) is 2.49. The quantitative estimate of drug-likeness (QED) is 0.756. The molecule has 2 rings (SSSR count). The average molecular weight is 322 g/mol. The molecule has 0 aliphatic heterocycles. The van der Waals surface area contributed by atoms with Crippen molar-refractivity contribution in [2.75, 3.05) is 13.1 Å². The Hall–Kier alpha value is -1.02. The Labute approximate surface area is 137 Å². The van der Waals surface area contributed by atoms with Crippen molar-refractivity contribution in [1.29, 1.82) is 0 Å². The summed E-state index contributed by atoms with van der Waals surface area (Å²) in [6.07, 6.45) is 1.97. The van der Waals surface area contributed by atoms with Crippen molar-refractivity contribution in [3.8, 4) is 0 Å². The molecule has 0 spiro atoms. The van der Waals surface area contributed by atoms with Crippen LogP contribution in [-0.4, -0.2) is 13.1 Å². The minimum absolute atomic E-state index is 0.503. The molecule has 0 aromatic heterocycles. The smallest absolute Gasteiger partial charge is 0.0624 e. The third kappa shape index (κ3) is 5.03. The van der Waals surface area contributed by atoms with Gasteiger partial charge >= 0.3 is 0 Å². The lowest BCUT2D eigenvalue weighted by Crippen LogP contribution is -2.25. The molecule has 1 nitrogen and oxygen atoms in total. The number of hydrogen-bond donors (Lipinski definition) is 1. The van der Waals surface area contributed by atoms with Crippen LogP contribution in [0.3, 0.4) is 0 Å². The van der Waals surface area contributed by atoms with E-state index in [1.165, 1.54) is 5.56 Å². The molecular formula is C18H21Cl2N. The second kappa shape index (κ2) is 8.43. The Morgan fingerprint density at radius 2 is 1.71 bits per heavy atom. The zero-order chi connectivity index (χ0) is 15.1. The molecule has 2 aromatic carbocycles. The van der Waals surface area contributed by atoms with E-state index in [-0.39, 0.29) is 0 Å². The van der Waals surface area contributed by atoms with Crippen LogP contribution in [0.15, 0.2) is 48.5 Å². The molecule has 0 aliphatic carbocycles. The standard InChI is InChI=1S/C18H21Cl2N/c1-2-21-13-15(11-14-7-4-3-5-8-14)12-16-9-6-10-17(19)18(16)20/h3-10,15,21H,2,11-13H2,1H3. The summed E-state index contributed by atoms with van der Waals surface area (Å²) in [4.78, 5) is 0. The molecule has 0 bridgehead atoms. The maximum atomic E-state index is 6.32. The van der Waals surface area contributed by atoms with Crippen molar-refractivity contribution in [3.63, 3.8) is 0 Å². The van der Waals surface area contributed by atoms with Crippen molar-refractivity contribution in [2.24, 2.45) is 5.92 Å². The van der Waals surface area contributed by atoms with E-state index in [0.717, 1.165) is 31.5 Å². The molecule has 0 saturated carbocycles. The monoisotopic (exact) mass is 321 g/mol. The van der Waals surface area contributed by atoms with E-state index in [9.17, 15) is 0 Å². The third-order valence-corrected chi connectivity index (χ3v) is 4.45. The van der Waals surface area contributed by atoms with Gasteiger partial charge in [0.15, 0.2) is 0 Å². The highest BCUT2D eigenvalue weighted by Gasteiger charge is 2.13. The van der Waals surface area contributed by atoms with Crippen molar-refractivity contribution >= 4 is 23.2 Å². The van der Waals surface area contributed by atoms with Crippen LogP contribution < -0.4 is 5.32 Å². The number of nitrogens with one attached hydrogen (secondary N) is 1. The van der Waals surface area contributed by atoms with E-state index in [1.54, 1.807) is 0 Å². The van der Waals surface area contributed by atoms with Crippen LogP contribution >= 0.6 is 23.2 Å². The summed E-state index contributed by atoms with van der Waals surface area (Å²) >= 11 is 12.4. The van der Waals surface area contributed by atoms with Crippen LogP contribution in [0.5, 0.6) is 0 Å². The molecule has 0 aliphatic rings. The van der Waals surface area contributed by atoms with Gasteiger partial charge in [0.05, 0.1) is 10.0 Å². The summed E-state index contributed by atoms with van der Waals surface area (Å²) in [5.74, 6) is 0.503. The van der Waals surface area contributed by atoms with Gasteiger partial charge in [0.25, 0.3) is 0 Å². The van der Waals surface area contributed by atoms with Crippen molar-refractivity contribution in [3.05, 3.63) is 69.7 Å². The Morgan fingerprint density at radius 3 is 2.43 bits per heavy atom. The molecule has 0 amide bonds. The second-order valence-electron chi connectivity index (χ2n) is 5.28. The zero-order valence-corrected chi connectivity index (χ0v) is 13.8. The van der Waals surface area contributed by atoms with E-state index in [0.29, 0.717) is 16.0 Å². The number of halogens is 2. The minimum atomic E-state index is 0.503. The fraction of sp³-hybridized carbons (Fsp3) is 0.333. The van der Waals surface area contributed by atoms with Crippen LogP contribution in [-0.2, 0) is 12.8 Å². The maximum Gasteiger partial charge on any atom is 0.0624 e. The molecule has 0 saturated heterocycles. The summed E-state index contributed by atoms with van der Waals surface area (Å²) in [6.45, 7) is 4.09. The zero-order valence-electron chi connectivity index (χ0n) is 12.3. The first-order valence-electron chi connectivity index (χ1n) is 7.38. The van der Waals surface area contributed by atoms with Gasteiger partial charge in [-0.3, -0.25) is 0 Å². The summed E-state index contributed by atoms with van der Waals surface area (Å²) in [5, 5.41) is 4.77. The Kier molecular flexibility index (Phi) is 6.56. The van der Waals surface area contributed by atoms with Gasteiger partial charge in [-0.25, -0.2) is 0 Å². The lowest BCUT2D eigenvalue weighted by Gasteiger charge is -2.18. The van der Waals surface area contributed by atoms with Crippen molar-refractivity contribution < 1.29 is 0 Å². The lowest BCUT2D eigenvalue weighted by atomic mass is 9.92. The van der Waals surface area contributed by atoms with E-state index >= 15 is 0 Å². The largest absolute Gasteiger partial charge is 0.317 e. The van der Waals surface area contributed by atoms with Gasteiger partial charge in [0.2, 0.25) is 0 Å². The van der Waals surface area contributed by atoms with Crippen molar-refractivity contribution in [2.45, 2.75) is 19.8 Å². The Morgan fingerprint density at radius 1 is 0.952 bits per heavy atom. The van der Waals surface area contributed by atoms with Crippen LogP contribution in [0.4, 0.5) is 0 Å². The average Bonchev–Trinajstić information content (AvgIpc) is 2.50. The molecule has 0 radical (unpaired) electrons. The molecule has 0 heterocycles. The number of rotatable bonds is 7. The molecule has 0 fully saturated rings. The van der Waals surface area contributed by atoms with Gasteiger partial charge in [-0.2, -0.15) is 0 Å². The lowest BCUT2D eigenvalue weighted by molar-refractivity contribution is 0.478. The van der Waals surface area contributed by atoms with Crippen LogP contribution in [0.1, 0.15) is 18.1 Å². The highest BCUT2D eigenvalue weighted by molar-refractivity contribution is 6.42. The van der Waals surface area contributed by atoms with Gasteiger partial charge in [-0.15, -0.1) is 0 Å². The third-order valence-electron chi connectivity index (χ3n) is 3.59. The molecule has 112 valence electrons. The normalized spacial score (nSPS) is 12.3. The van der Waals surface area contributed by atoms with Gasteiger partial charge in [0, 0.05) is 0 Å². The predicted octanol–water partition coefficient (Wildman–Crippen LogP) is 5.00. The van der Waals surface area contributed by atoms with E-state index in [4.69, 9.17) is 23.2 Å². The second-order valence-corrected chi connectivity index (χ2v) is 6.07. The van der Waals surface area contributed by atoms with Gasteiger partial charge in [-0.1, -0.05) is 72.6 Å². The molecule has 1 atom stereocenters. The first kappa shape index (κ1) is 16.4. The molecule has 21 heavy (non-hydrogen) atoms.